The first-order valence-electron chi connectivity index (χ1n) is 10.7. The molecule has 2 heterocycles. The molecule has 0 aliphatic carbocycles. The highest BCUT2D eigenvalue weighted by atomic mass is 32.1. The number of thiazole rings is 1. The van der Waals surface area contributed by atoms with Crippen LogP contribution in [0, 0.1) is 0 Å². The lowest BCUT2D eigenvalue weighted by Gasteiger charge is -2.18. The molecule has 0 spiro atoms. The van der Waals surface area contributed by atoms with Crippen molar-refractivity contribution in [2.75, 3.05) is 33.3 Å². The highest BCUT2D eigenvalue weighted by Crippen LogP contribution is 2.38. The molecule has 0 aliphatic heterocycles. The average Bonchev–Trinajstić information content (AvgIpc) is 3.33. The van der Waals surface area contributed by atoms with E-state index in [4.69, 9.17) is 18.9 Å². The Morgan fingerprint density at radius 2 is 1.74 bits per heavy atom. The van der Waals surface area contributed by atoms with Gasteiger partial charge in [0.15, 0.2) is 16.6 Å². The second-order valence-corrected chi connectivity index (χ2v) is 8.38. The quantitative estimate of drug-likeness (QED) is 0.306. The molecule has 0 bridgehead atoms. The number of hydrogen-bond acceptors (Lipinski definition) is 8. The van der Waals surface area contributed by atoms with Crippen LogP contribution in [0.1, 0.15) is 11.3 Å². The number of benzene rings is 2. The predicted octanol–water partition coefficient (Wildman–Crippen LogP) is 4.97. The summed E-state index contributed by atoms with van der Waals surface area (Å²) in [5.41, 5.74) is 2.26. The van der Waals surface area contributed by atoms with E-state index in [0.717, 1.165) is 27.2 Å². The minimum atomic E-state index is -0.240. The Bertz CT molecular complexity index is 1330. The number of ether oxygens (including phenoxy) is 4. The lowest BCUT2D eigenvalue weighted by Crippen LogP contribution is -2.29. The molecule has 180 valence electrons. The van der Waals surface area contributed by atoms with Crippen molar-refractivity contribution in [3.8, 4) is 23.0 Å². The number of anilines is 1. The molecule has 2 aromatic carbocycles. The summed E-state index contributed by atoms with van der Waals surface area (Å²) < 4.78 is 22.4. The van der Waals surface area contributed by atoms with E-state index in [1.54, 1.807) is 57.7 Å². The van der Waals surface area contributed by atoms with Crippen molar-refractivity contribution in [2.24, 2.45) is 0 Å². The molecule has 1 amide bonds. The van der Waals surface area contributed by atoms with Gasteiger partial charge in [0.25, 0.3) is 5.91 Å². The number of fused-ring (bicyclic) bond motifs is 1. The summed E-state index contributed by atoms with van der Waals surface area (Å²) in [4.78, 5) is 24.1. The van der Waals surface area contributed by atoms with Crippen LogP contribution < -0.4 is 23.8 Å². The van der Waals surface area contributed by atoms with Crippen molar-refractivity contribution in [1.82, 2.24) is 9.97 Å². The number of pyridine rings is 1. The summed E-state index contributed by atoms with van der Waals surface area (Å²) in [6.07, 6.45) is 4.90. The summed E-state index contributed by atoms with van der Waals surface area (Å²) in [5.74, 6) is 1.99. The molecule has 0 N–H and O–H groups in total. The Hall–Kier alpha value is -4.11. The number of aromatic nitrogens is 2. The van der Waals surface area contributed by atoms with E-state index in [1.165, 1.54) is 17.4 Å². The van der Waals surface area contributed by atoms with Gasteiger partial charge in [0.2, 0.25) is 5.75 Å². The van der Waals surface area contributed by atoms with Crippen LogP contribution in [-0.2, 0) is 11.3 Å². The zero-order valence-electron chi connectivity index (χ0n) is 19.8. The van der Waals surface area contributed by atoms with Crippen molar-refractivity contribution < 1.29 is 23.7 Å². The van der Waals surface area contributed by atoms with E-state index < -0.39 is 0 Å². The van der Waals surface area contributed by atoms with Crippen LogP contribution >= 0.6 is 11.3 Å². The van der Waals surface area contributed by atoms with Crippen LogP contribution in [-0.4, -0.2) is 44.3 Å². The monoisotopic (exact) mass is 491 g/mol. The van der Waals surface area contributed by atoms with Crippen molar-refractivity contribution in [3.05, 3.63) is 72.1 Å². The summed E-state index contributed by atoms with van der Waals surface area (Å²) in [6.45, 7) is 0.274. The number of nitrogens with zero attached hydrogens (tertiary/aromatic N) is 3. The van der Waals surface area contributed by atoms with Crippen LogP contribution in [0.3, 0.4) is 0 Å². The highest BCUT2D eigenvalue weighted by Gasteiger charge is 2.20. The minimum Gasteiger partial charge on any atom is -0.497 e. The average molecular weight is 492 g/mol. The molecule has 0 saturated carbocycles. The van der Waals surface area contributed by atoms with E-state index in [1.807, 2.05) is 36.4 Å². The van der Waals surface area contributed by atoms with E-state index in [-0.39, 0.29) is 12.5 Å². The molecule has 4 aromatic rings. The smallest absolute Gasteiger partial charge is 0.253 e. The van der Waals surface area contributed by atoms with Crippen LogP contribution in [0.5, 0.6) is 23.0 Å². The molecule has 0 aliphatic rings. The Kier molecular flexibility index (Phi) is 7.47. The molecule has 0 atom stereocenters. The second-order valence-electron chi connectivity index (χ2n) is 7.37. The van der Waals surface area contributed by atoms with E-state index in [9.17, 15) is 4.79 Å². The molecular weight excluding hydrogens is 466 g/mol. The van der Waals surface area contributed by atoms with Crippen molar-refractivity contribution in [3.63, 3.8) is 0 Å². The summed E-state index contributed by atoms with van der Waals surface area (Å²) in [6, 6.07) is 14.8. The normalized spacial score (nSPS) is 11.0. The van der Waals surface area contributed by atoms with Crippen molar-refractivity contribution in [2.45, 2.75) is 6.54 Å². The van der Waals surface area contributed by atoms with Crippen LogP contribution in [0.4, 0.5) is 5.13 Å². The van der Waals surface area contributed by atoms with Crippen LogP contribution in [0.15, 0.2) is 60.8 Å². The Labute approximate surface area is 207 Å². The topological polar surface area (TPSA) is 83.0 Å². The highest BCUT2D eigenvalue weighted by molar-refractivity contribution is 7.22. The minimum absolute atomic E-state index is 0.240. The molecule has 0 fully saturated rings. The largest absolute Gasteiger partial charge is 0.497 e. The molecule has 2 aromatic heterocycles. The maximum absolute atomic E-state index is 13.4. The van der Waals surface area contributed by atoms with Crippen molar-refractivity contribution in [1.29, 1.82) is 0 Å². The fraction of sp³-hybridized carbons (Fsp3) is 0.192. The Morgan fingerprint density at radius 3 is 2.37 bits per heavy atom. The molecule has 0 unspecified atom stereocenters. The maximum Gasteiger partial charge on any atom is 0.253 e. The van der Waals surface area contributed by atoms with Gasteiger partial charge in [-0.25, -0.2) is 4.98 Å². The standard InChI is InChI=1S/C26H25N3O5S/c1-31-19-9-10-20-23(15-19)35-26(28-20)29(16-18-7-5-6-12-27-18)24(30)11-8-17-13-21(32-2)25(34-4)22(14-17)33-3/h5-15H,16H2,1-4H3/b11-8+. The van der Waals surface area contributed by atoms with E-state index in [0.29, 0.717) is 22.4 Å². The lowest BCUT2D eigenvalue weighted by molar-refractivity contribution is -0.114. The first kappa shape index (κ1) is 24.0. The number of carbonyl (C=O) groups is 1. The maximum atomic E-state index is 13.4. The zero-order chi connectivity index (χ0) is 24.8. The molecule has 0 radical (unpaired) electrons. The number of hydrogen-bond donors (Lipinski definition) is 0. The molecule has 35 heavy (non-hydrogen) atoms. The predicted molar refractivity (Wildman–Crippen MR) is 137 cm³/mol. The Morgan fingerprint density at radius 1 is 0.971 bits per heavy atom. The summed E-state index contributed by atoms with van der Waals surface area (Å²) in [5, 5.41) is 0.568. The second kappa shape index (κ2) is 10.9. The van der Waals surface area contributed by atoms with Gasteiger partial charge in [-0.3, -0.25) is 14.7 Å². The summed E-state index contributed by atoms with van der Waals surface area (Å²) in [7, 11) is 6.26. The molecule has 9 heteroatoms. The van der Waals surface area contributed by atoms with Gasteiger partial charge in [-0.2, -0.15) is 0 Å². The Balaban J connectivity index is 1.68. The number of rotatable bonds is 9. The third-order valence-corrected chi connectivity index (χ3v) is 6.27. The number of methoxy groups -OCH3 is 4. The first-order chi connectivity index (χ1) is 17.1. The van der Waals surface area contributed by atoms with Gasteiger partial charge in [0.1, 0.15) is 5.75 Å². The van der Waals surface area contributed by atoms with Gasteiger partial charge in [-0.05, 0) is 54.1 Å². The van der Waals surface area contributed by atoms with Gasteiger partial charge in [0.05, 0.1) is 50.9 Å². The van der Waals surface area contributed by atoms with Crippen LogP contribution in [0.2, 0.25) is 0 Å². The van der Waals surface area contributed by atoms with Gasteiger partial charge < -0.3 is 18.9 Å². The molecular formula is C26H25N3O5S. The number of carbonyl (C=O) groups excluding carboxylic acids is 1. The van der Waals surface area contributed by atoms with Gasteiger partial charge in [-0.15, -0.1) is 0 Å². The zero-order valence-corrected chi connectivity index (χ0v) is 20.7. The molecule has 0 saturated heterocycles. The first-order valence-corrected chi connectivity index (χ1v) is 11.5. The lowest BCUT2D eigenvalue weighted by atomic mass is 10.1. The fourth-order valence-electron chi connectivity index (χ4n) is 3.48. The van der Waals surface area contributed by atoms with E-state index >= 15 is 0 Å². The van der Waals surface area contributed by atoms with Gasteiger partial charge in [0, 0.05) is 12.3 Å². The van der Waals surface area contributed by atoms with Gasteiger partial charge >= 0.3 is 0 Å². The SMILES string of the molecule is COc1ccc2nc(N(Cc3ccccn3)C(=O)/C=C/c3cc(OC)c(OC)c(OC)c3)sc2c1. The van der Waals surface area contributed by atoms with Crippen LogP contribution in [0.25, 0.3) is 16.3 Å². The molecule has 8 nitrogen and oxygen atoms in total. The van der Waals surface area contributed by atoms with Crippen molar-refractivity contribution >= 4 is 38.7 Å². The van der Waals surface area contributed by atoms with E-state index in [2.05, 4.69) is 9.97 Å². The third-order valence-electron chi connectivity index (χ3n) is 5.23. The third kappa shape index (κ3) is 5.36. The number of amides is 1. The molecule has 4 rings (SSSR count). The summed E-state index contributed by atoms with van der Waals surface area (Å²) >= 11 is 1.42. The van der Waals surface area contributed by atoms with Gasteiger partial charge in [-0.1, -0.05) is 17.4 Å². The fourth-order valence-corrected chi connectivity index (χ4v) is 4.48.